The molecule has 8 heteroatoms. The number of hydrogen-bond donors (Lipinski definition) is 2. The lowest BCUT2D eigenvalue weighted by atomic mass is 10.1. The van der Waals surface area contributed by atoms with Gasteiger partial charge in [-0.3, -0.25) is 9.59 Å². The third kappa shape index (κ3) is 4.20. The lowest BCUT2D eigenvalue weighted by molar-refractivity contribution is -0.117. The van der Waals surface area contributed by atoms with Gasteiger partial charge in [-0.1, -0.05) is 0 Å². The van der Waals surface area contributed by atoms with Gasteiger partial charge in [0.1, 0.15) is 17.6 Å². The Bertz CT molecular complexity index is 1580. The van der Waals surface area contributed by atoms with Crippen LogP contribution in [0.5, 0.6) is 11.5 Å². The topological polar surface area (TPSA) is 99.4 Å². The molecule has 2 N–H and O–H groups in total. The molecule has 4 aromatic rings. The molecule has 1 saturated heterocycles. The van der Waals surface area contributed by atoms with Gasteiger partial charge in [0.15, 0.2) is 0 Å². The highest BCUT2D eigenvalue weighted by atomic mass is 16.5. The Morgan fingerprint density at radius 1 is 1.11 bits per heavy atom. The molecule has 3 aromatic carbocycles. The van der Waals surface area contributed by atoms with Crippen molar-refractivity contribution in [3.8, 4) is 23.3 Å². The van der Waals surface area contributed by atoms with Gasteiger partial charge in [0, 0.05) is 42.1 Å². The van der Waals surface area contributed by atoms with E-state index in [2.05, 4.69) is 16.7 Å². The highest BCUT2D eigenvalue weighted by molar-refractivity contribution is 5.98. The minimum Gasteiger partial charge on any atom is -0.457 e. The maximum atomic E-state index is 12.3. The van der Waals surface area contributed by atoms with Crippen LogP contribution in [0.15, 0.2) is 66.9 Å². The van der Waals surface area contributed by atoms with Crippen LogP contribution in [0.1, 0.15) is 34.3 Å². The second kappa shape index (κ2) is 9.12. The van der Waals surface area contributed by atoms with Crippen LogP contribution < -0.4 is 15.4 Å². The number of hydrogen-bond acceptors (Lipinski definition) is 5. The van der Waals surface area contributed by atoms with Gasteiger partial charge in [-0.15, -0.1) is 0 Å². The van der Waals surface area contributed by atoms with Crippen molar-refractivity contribution in [2.75, 3.05) is 18.9 Å². The molecular formula is C29H25N5O3. The molecule has 6 rings (SSSR count). The van der Waals surface area contributed by atoms with Crippen molar-refractivity contribution in [2.45, 2.75) is 25.4 Å². The summed E-state index contributed by atoms with van der Waals surface area (Å²) >= 11 is 0. The summed E-state index contributed by atoms with van der Waals surface area (Å²) in [6.07, 6.45) is 3.68. The number of nitrogens with zero attached hydrogens (tertiary/aromatic N) is 3. The highest BCUT2D eigenvalue weighted by Gasteiger charge is 2.25. The van der Waals surface area contributed by atoms with Crippen molar-refractivity contribution < 1.29 is 14.3 Å². The summed E-state index contributed by atoms with van der Waals surface area (Å²) in [6.45, 7) is 1.45. The Balaban J connectivity index is 1.23. The normalized spacial score (nSPS) is 16.6. The van der Waals surface area contributed by atoms with Crippen LogP contribution in [0.4, 0.5) is 5.69 Å². The summed E-state index contributed by atoms with van der Waals surface area (Å²) in [5, 5.41) is 16.7. The minimum absolute atomic E-state index is 0.0212. The van der Waals surface area contributed by atoms with E-state index in [0.29, 0.717) is 29.3 Å². The zero-order valence-electron chi connectivity index (χ0n) is 20.3. The van der Waals surface area contributed by atoms with Gasteiger partial charge >= 0.3 is 0 Å². The summed E-state index contributed by atoms with van der Waals surface area (Å²) in [5.41, 5.74) is 4.72. The first kappa shape index (κ1) is 22.8. The quantitative estimate of drug-likeness (QED) is 0.426. The third-order valence-corrected chi connectivity index (χ3v) is 6.98. The molecule has 1 fully saturated rings. The van der Waals surface area contributed by atoms with Gasteiger partial charge < -0.3 is 24.8 Å². The van der Waals surface area contributed by atoms with Crippen molar-refractivity contribution in [2.24, 2.45) is 0 Å². The van der Waals surface area contributed by atoms with Crippen LogP contribution in [0.2, 0.25) is 0 Å². The highest BCUT2D eigenvalue weighted by Crippen LogP contribution is 2.32. The van der Waals surface area contributed by atoms with E-state index in [1.54, 1.807) is 24.1 Å². The number of benzene rings is 3. The number of nitriles is 1. The average molecular weight is 492 g/mol. The number of anilines is 1. The molecule has 2 amide bonds. The van der Waals surface area contributed by atoms with Crippen molar-refractivity contribution in [3.63, 3.8) is 0 Å². The first-order chi connectivity index (χ1) is 18.0. The van der Waals surface area contributed by atoms with Crippen molar-refractivity contribution in [1.29, 1.82) is 5.26 Å². The Hall–Kier alpha value is -4.61. The standard InChI is InChI=1S/C29H25N5O3/c1-33-16-18-13-21(6-10-24(18)29(33)36)34-17-19(15-30)25-14-23(9-11-27(25)34)37-22-7-4-20(5-8-22)32-28(35)26-3-2-12-31-26/h4-11,13-14,17,26,31H,2-3,12,16H2,1H3,(H,32,35). The Kier molecular flexibility index (Phi) is 5.63. The van der Waals surface area contributed by atoms with Gasteiger partial charge in [-0.25, -0.2) is 0 Å². The Morgan fingerprint density at radius 2 is 1.92 bits per heavy atom. The van der Waals surface area contributed by atoms with Crippen LogP contribution in [0.25, 0.3) is 16.6 Å². The molecule has 2 aliphatic rings. The number of rotatable bonds is 5. The third-order valence-electron chi connectivity index (χ3n) is 6.98. The predicted octanol–water partition coefficient (Wildman–Crippen LogP) is 4.57. The van der Waals surface area contributed by atoms with E-state index >= 15 is 0 Å². The largest absolute Gasteiger partial charge is 0.457 e. The molecule has 37 heavy (non-hydrogen) atoms. The molecule has 1 aromatic heterocycles. The Labute approximate surface area is 214 Å². The molecule has 0 radical (unpaired) electrons. The monoisotopic (exact) mass is 491 g/mol. The van der Waals surface area contributed by atoms with Crippen LogP contribution in [-0.2, 0) is 11.3 Å². The summed E-state index contributed by atoms with van der Waals surface area (Å²) in [6, 6.07) is 20.8. The second-order valence-corrected chi connectivity index (χ2v) is 9.47. The first-order valence-corrected chi connectivity index (χ1v) is 12.3. The van der Waals surface area contributed by atoms with Gasteiger partial charge in [-0.2, -0.15) is 5.26 Å². The van der Waals surface area contributed by atoms with Gasteiger partial charge in [-0.05, 0) is 85.6 Å². The first-order valence-electron chi connectivity index (χ1n) is 12.3. The van der Waals surface area contributed by atoms with Crippen LogP contribution in [-0.4, -0.2) is 40.9 Å². The van der Waals surface area contributed by atoms with Crippen LogP contribution in [0.3, 0.4) is 0 Å². The molecule has 1 unspecified atom stereocenters. The lowest BCUT2D eigenvalue weighted by Crippen LogP contribution is -2.35. The van der Waals surface area contributed by atoms with Gasteiger partial charge in [0.2, 0.25) is 5.91 Å². The molecule has 2 aliphatic heterocycles. The molecule has 3 heterocycles. The fraction of sp³-hybridized carbons (Fsp3) is 0.207. The number of amides is 2. The van der Waals surface area contributed by atoms with E-state index in [1.165, 1.54) is 0 Å². The fourth-order valence-electron chi connectivity index (χ4n) is 5.06. The molecule has 0 bridgehead atoms. The number of aromatic nitrogens is 1. The van der Waals surface area contributed by atoms with Crippen LogP contribution in [0, 0.1) is 11.3 Å². The predicted molar refractivity (Wildman–Crippen MR) is 140 cm³/mol. The van der Waals surface area contributed by atoms with Gasteiger partial charge in [0.05, 0.1) is 17.1 Å². The number of carbonyl (C=O) groups excluding carboxylic acids is 2. The summed E-state index contributed by atoms with van der Waals surface area (Å²) in [7, 11) is 1.79. The SMILES string of the molecule is CN1Cc2cc(-n3cc(C#N)c4cc(Oc5ccc(NC(=O)C6CCCN6)cc5)ccc43)ccc2C1=O. The van der Waals surface area contributed by atoms with Crippen molar-refractivity contribution in [3.05, 3.63) is 83.6 Å². The molecule has 1 atom stereocenters. The summed E-state index contributed by atoms with van der Waals surface area (Å²) in [5.74, 6) is 1.24. The molecule has 8 nitrogen and oxygen atoms in total. The fourth-order valence-corrected chi connectivity index (χ4v) is 5.06. The molecular weight excluding hydrogens is 466 g/mol. The number of ether oxygens (including phenoxy) is 1. The maximum Gasteiger partial charge on any atom is 0.254 e. The molecule has 184 valence electrons. The molecule has 0 aliphatic carbocycles. The summed E-state index contributed by atoms with van der Waals surface area (Å²) < 4.78 is 8.03. The maximum absolute atomic E-state index is 12.3. The van der Waals surface area contributed by atoms with Gasteiger partial charge in [0.25, 0.3) is 5.91 Å². The molecule has 0 saturated carbocycles. The minimum atomic E-state index is -0.134. The van der Waals surface area contributed by atoms with E-state index in [-0.39, 0.29) is 17.9 Å². The summed E-state index contributed by atoms with van der Waals surface area (Å²) in [4.78, 5) is 26.3. The molecule has 0 spiro atoms. The average Bonchev–Trinajstić information content (AvgIpc) is 3.63. The van der Waals surface area contributed by atoms with E-state index in [4.69, 9.17) is 4.74 Å². The number of carbonyl (C=O) groups is 2. The Morgan fingerprint density at radius 3 is 2.68 bits per heavy atom. The van der Waals surface area contributed by atoms with E-state index < -0.39 is 0 Å². The van der Waals surface area contributed by atoms with Crippen LogP contribution >= 0.6 is 0 Å². The smallest absolute Gasteiger partial charge is 0.254 e. The zero-order valence-corrected chi connectivity index (χ0v) is 20.3. The lowest BCUT2D eigenvalue weighted by Gasteiger charge is -2.12. The zero-order chi connectivity index (χ0) is 25.5. The van der Waals surface area contributed by atoms with Crippen molar-refractivity contribution in [1.82, 2.24) is 14.8 Å². The number of fused-ring (bicyclic) bond motifs is 2. The van der Waals surface area contributed by atoms with E-state index in [1.807, 2.05) is 59.3 Å². The van der Waals surface area contributed by atoms with E-state index in [9.17, 15) is 14.9 Å². The second-order valence-electron chi connectivity index (χ2n) is 9.47. The van der Waals surface area contributed by atoms with Crippen molar-refractivity contribution >= 4 is 28.4 Å². The number of nitrogens with one attached hydrogen (secondary N) is 2. The van der Waals surface area contributed by atoms with E-state index in [0.717, 1.165) is 47.1 Å².